The predicted molar refractivity (Wildman–Crippen MR) is 56.2 cm³/mol. The third-order valence-corrected chi connectivity index (χ3v) is 2.15. The van der Waals surface area contributed by atoms with Gasteiger partial charge in [-0.1, -0.05) is 12.1 Å². The molecular formula is C11H16O4. The Kier molecular flexibility index (Phi) is 4.39. The molecule has 1 rings (SSSR count). The lowest BCUT2D eigenvalue weighted by Gasteiger charge is -2.15. The van der Waals surface area contributed by atoms with E-state index in [1.165, 1.54) is 0 Å². The Labute approximate surface area is 89.4 Å². The topological polar surface area (TPSA) is 47.9 Å². The highest BCUT2D eigenvalue weighted by Crippen LogP contribution is 2.35. The number of ether oxygens (including phenoxy) is 3. The van der Waals surface area contributed by atoms with Crippen molar-refractivity contribution in [2.24, 2.45) is 0 Å². The zero-order chi connectivity index (χ0) is 11.3. The minimum Gasteiger partial charge on any atom is -0.492 e. The fourth-order valence-corrected chi connectivity index (χ4v) is 1.49. The van der Waals surface area contributed by atoms with Crippen LogP contribution in [-0.4, -0.2) is 26.4 Å². The van der Waals surface area contributed by atoms with Gasteiger partial charge in [-0.25, -0.2) is 0 Å². The summed E-state index contributed by atoms with van der Waals surface area (Å²) in [5.41, 5.74) is 1.60. The summed E-state index contributed by atoms with van der Waals surface area (Å²) in [7, 11) is 4.73. The summed E-state index contributed by atoms with van der Waals surface area (Å²) >= 11 is 0. The molecule has 0 aromatic heterocycles. The first-order valence-corrected chi connectivity index (χ1v) is 4.61. The molecule has 0 aliphatic heterocycles. The SMILES string of the molecule is COCc1ccc(CO)c(OC)c1OC. The quantitative estimate of drug-likeness (QED) is 0.800. The van der Waals surface area contributed by atoms with E-state index in [1.54, 1.807) is 27.4 Å². The van der Waals surface area contributed by atoms with Gasteiger partial charge in [-0.2, -0.15) is 0 Å². The van der Waals surface area contributed by atoms with E-state index in [2.05, 4.69) is 0 Å². The number of methoxy groups -OCH3 is 3. The average molecular weight is 212 g/mol. The molecule has 0 fully saturated rings. The molecule has 4 nitrogen and oxygen atoms in total. The molecule has 0 aliphatic carbocycles. The molecule has 0 heterocycles. The van der Waals surface area contributed by atoms with Gasteiger partial charge in [-0.15, -0.1) is 0 Å². The van der Waals surface area contributed by atoms with Gasteiger partial charge in [0.05, 0.1) is 27.4 Å². The van der Waals surface area contributed by atoms with Crippen molar-refractivity contribution in [1.29, 1.82) is 0 Å². The zero-order valence-electron chi connectivity index (χ0n) is 9.24. The van der Waals surface area contributed by atoms with Gasteiger partial charge in [0.1, 0.15) is 0 Å². The molecule has 0 saturated carbocycles. The van der Waals surface area contributed by atoms with Gasteiger partial charge in [0.25, 0.3) is 0 Å². The molecule has 15 heavy (non-hydrogen) atoms. The summed E-state index contributed by atoms with van der Waals surface area (Å²) in [5.74, 6) is 1.18. The van der Waals surface area contributed by atoms with Crippen molar-refractivity contribution in [2.75, 3.05) is 21.3 Å². The molecule has 1 aromatic rings. The second-order valence-electron chi connectivity index (χ2n) is 3.04. The average Bonchev–Trinajstić information content (AvgIpc) is 2.28. The van der Waals surface area contributed by atoms with Crippen molar-refractivity contribution in [3.8, 4) is 11.5 Å². The van der Waals surface area contributed by atoms with Gasteiger partial charge in [-0.05, 0) is 0 Å². The summed E-state index contributed by atoms with van der Waals surface area (Å²) < 4.78 is 15.5. The molecule has 4 heteroatoms. The normalized spacial score (nSPS) is 10.1. The fraction of sp³-hybridized carbons (Fsp3) is 0.455. The van der Waals surface area contributed by atoms with Crippen LogP contribution in [0.4, 0.5) is 0 Å². The van der Waals surface area contributed by atoms with E-state index in [1.807, 2.05) is 6.07 Å². The highest BCUT2D eigenvalue weighted by molar-refractivity contribution is 5.51. The van der Waals surface area contributed by atoms with Crippen molar-refractivity contribution in [3.05, 3.63) is 23.3 Å². The molecule has 0 unspecified atom stereocenters. The summed E-state index contributed by atoms with van der Waals surface area (Å²) in [6, 6.07) is 3.66. The minimum atomic E-state index is -0.0766. The highest BCUT2D eigenvalue weighted by Gasteiger charge is 2.13. The predicted octanol–water partition coefficient (Wildman–Crippen LogP) is 1.34. The van der Waals surface area contributed by atoms with Crippen molar-refractivity contribution in [2.45, 2.75) is 13.2 Å². The van der Waals surface area contributed by atoms with Crippen LogP contribution in [0.2, 0.25) is 0 Å². The number of aliphatic hydroxyl groups is 1. The number of benzene rings is 1. The summed E-state index contributed by atoms with van der Waals surface area (Å²) in [6.45, 7) is 0.373. The van der Waals surface area contributed by atoms with Crippen LogP contribution in [0.1, 0.15) is 11.1 Å². The monoisotopic (exact) mass is 212 g/mol. The van der Waals surface area contributed by atoms with E-state index in [4.69, 9.17) is 19.3 Å². The summed E-state index contributed by atoms with van der Waals surface area (Å²) in [6.07, 6.45) is 0. The molecule has 1 aromatic carbocycles. The van der Waals surface area contributed by atoms with Crippen LogP contribution in [0, 0.1) is 0 Å². The lowest BCUT2D eigenvalue weighted by atomic mass is 10.1. The largest absolute Gasteiger partial charge is 0.492 e. The number of rotatable bonds is 5. The Morgan fingerprint density at radius 3 is 2.00 bits per heavy atom. The van der Waals surface area contributed by atoms with Gasteiger partial charge >= 0.3 is 0 Å². The van der Waals surface area contributed by atoms with E-state index in [0.29, 0.717) is 23.7 Å². The van der Waals surface area contributed by atoms with E-state index in [9.17, 15) is 0 Å². The van der Waals surface area contributed by atoms with Crippen LogP contribution in [0.5, 0.6) is 11.5 Å². The van der Waals surface area contributed by atoms with Crippen molar-refractivity contribution in [1.82, 2.24) is 0 Å². The number of hydrogen-bond donors (Lipinski definition) is 1. The first-order chi connectivity index (χ1) is 7.28. The van der Waals surface area contributed by atoms with Crippen LogP contribution in [0.25, 0.3) is 0 Å². The van der Waals surface area contributed by atoms with E-state index < -0.39 is 0 Å². The first kappa shape index (κ1) is 11.8. The standard InChI is InChI=1S/C11H16O4/c1-13-7-9-5-4-8(6-12)10(14-2)11(9)15-3/h4-5,12H,6-7H2,1-3H3. The van der Waals surface area contributed by atoms with Crippen LogP contribution in [0.3, 0.4) is 0 Å². The van der Waals surface area contributed by atoms with Crippen molar-refractivity contribution >= 4 is 0 Å². The Hall–Kier alpha value is -1.26. The molecule has 0 radical (unpaired) electrons. The molecule has 0 aliphatic rings. The van der Waals surface area contributed by atoms with Crippen LogP contribution in [0.15, 0.2) is 12.1 Å². The maximum absolute atomic E-state index is 9.12. The Balaban J connectivity index is 3.21. The van der Waals surface area contributed by atoms with Gasteiger partial charge in [-0.3, -0.25) is 0 Å². The Bertz CT molecular complexity index is 323. The molecule has 0 saturated heterocycles. The molecule has 0 bridgehead atoms. The molecule has 1 N–H and O–H groups in total. The van der Waals surface area contributed by atoms with E-state index in [-0.39, 0.29) is 6.61 Å². The van der Waals surface area contributed by atoms with E-state index in [0.717, 1.165) is 5.56 Å². The third-order valence-electron chi connectivity index (χ3n) is 2.15. The van der Waals surface area contributed by atoms with Crippen molar-refractivity contribution < 1.29 is 19.3 Å². The molecule has 0 amide bonds. The van der Waals surface area contributed by atoms with Gasteiger partial charge in [0, 0.05) is 18.2 Å². The smallest absolute Gasteiger partial charge is 0.166 e. The lowest BCUT2D eigenvalue weighted by molar-refractivity contribution is 0.180. The number of hydrogen-bond acceptors (Lipinski definition) is 4. The minimum absolute atomic E-state index is 0.0766. The van der Waals surface area contributed by atoms with Crippen LogP contribution < -0.4 is 9.47 Å². The first-order valence-electron chi connectivity index (χ1n) is 4.61. The maximum atomic E-state index is 9.12. The summed E-state index contributed by atoms with van der Waals surface area (Å²) in [5, 5.41) is 9.12. The van der Waals surface area contributed by atoms with E-state index >= 15 is 0 Å². The lowest BCUT2D eigenvalue weighted by Crippen LogP contribution is -2.00. The maximum Gasteiger partial charge on any atom is 0.166 e. The van der Waals surface area contributed by atoms with Gasteiger partial charge in [0.2, 0.25) is 0 Å². The highest BCUT2D eigenvalue weighted by atomic mass is 16.5. The fourth-order valence-electron chi connectivity index (χ4n) is 1.49. The second kappa shape index (κ2) is 5.58. The zero-order valence-corrected chi connectivity index (χ0v) is 9.24. The molecular weight excluding hydrogens is 196 g/mol. The van der Waals surface area contributed by atoms with Gasteiger partial charge < -0.3 is 19.3 Å². The number of aliphatic hydroxyl groups excluding tert-OH is 1. The van der Waals surface area contributed by atoms with Crippen molar-refractivity contribution in [3.63, 3.8) is 0 Å². The second-order valence-corrected chi connectivity index (χ2v) is 3.04. The van der Waals surface area contributed by atoms with Crippen LogP contribution >= 0.6 is 0 Å². The molecule has 84 valence electrons. The Morgan fingerprint density at radius 2 is 1.53 bits per heavy atom. The third kappa shape index (κ3) is 2.40. The van der Waals surface area contributed by atoms with Crippen LogP contribution in [-0.2, 0) is 18.0 Å². The van der Waals surface area contributed by atoms with Gasteiger partial charge in [0.15, 0.2) is 11.5 Å². The summed E-state index contributed by atoms with van der Waals surface area (Å²) in [4.78, 5) is 0. The molecule has 0 spiro atoms. The molecule has 0 atom stereocenters. The Morgan fingerprint density at radius 1 is 1.00 bits per heavy atom.